The van der Waals surface area contributed by atoms with Gasteiger partial charge in [-0.05, 0) is 41.3 Å². The number of rotatable bonds is 4. The number of nitriles is 1. The number of hydrogen-bond donors (Lipinski definition) is 1. The summed E-state index contributed by atoms with van der Waals surface area (Å²) in [5, 5.41) is 12.5. The first kappa shape index (κ1) is 17.3. The minimum Gasteiger partial charge on any atom is -0.496 e. The lowest BCUT2D eigenvalue weighted by Crippen LogP contribution is -2.29. The molecule has 1 amide bonds. The molecule has 0 bridgehead atoms. The molecule has 2 aromatic carbocycles. The van der Waals surface area contributed by atoms with E-state index in [0.717, 1.165) is 5.56 Å². The van der Waals surface area contributed by atoms with Crippen LogP contribution in [0.5, 0.6) is 5.75 Å². The lowest BCUT2D eigenvalue weighted by atomic mass is 10.0. The quantitative estimate of drug-likeness (QED) is 0.897. The summed E-state index contributed by atoms with van der Waals surface area (Å²) in [6, 6.07) is 14.7. The average molecular weight is 355 g/mol. The van der Waals surface area contributed by atoms with E-state index in [-0.39, 0.29) is 23.3 Å². The second kappa shape index (κ2) is 6.42. The van der Waals surface area contributed by atoms with Crippen molar-refractivity contribution in [2.45, 2.75) is 25.8 Å². The number of halogens is 1. The van der Waals surface area contributed by atoms with Gasteiger partial charge >= 0.3 is 0 Å². The van der Waals surface area contributed by atoms with Crippen molar-refractivity contribution < 1.29 is 9.53 Å². The summed E-state index contributed by atoms with van der Waals surface area (Å²) in [6.07, 6.45) is 0. The molecular weight excluding hydrogens is 336 g/mol. The normalized spacial score (nSPS) is 20.4. The summed E-state index contributed by atoms with van der Waals surface area (Å²) in [4.78, 5) is 12.7. The molecule has 25 heavy (non-hydrogen) atoms. The van der Waals surface area contributed by atoms with Crippen molar-refractivity contribution in [1.29, 1.82) is 5.26 Å². The fourth-order valence-electron chi connectivity index (χ4n) is 3.37. The van der Waals surface area contributed by atoms with Crippen LogP contribution in [-0.4, -0.2) is 19.1 Å². The molecule has 0 spiro atoms. The number of benzene rings is 2. The Balaban J connectivity index is 1.80. The van der Waals surface area contributed by atoms with Gasteiger partial charge in [0.25, 0.3) is 5.91 Å². The summed E-state index contributed by atoms with van der Waals surface area (Å²) in [5.41, 5.74) is 2.12. The van der Waals surface area contributed by atoms with Gasteiger partial charge in [0.2, 0.25) is 0 Å². The molecule has 1 aliphatic rings. The van der Waals surface area contributed by atoms with Crippen molar-refractivity contribution in [2.75, 3.05) is 7.11 Å². The zero-order chi connectivity index (χ0) is 18.2. The first-order valence-electron chi connectivity index (χ1n) is 8.03. The number of amides is 1. The number of carbonyl (C=O) groups is 1. The number of nitrogens with one attached hydrogen (secondary N) is 1. The molecule has 3 rings (SSSR count). The van der Waals surface area contributed by atoms with Crippen LogP contribution in [0.3, 0.4) is 0 Å². The molecule has 0 aliphatic heterocycles. The Kier molecular flexibility index (Phi) is 4.45. The zero-order valence-corrected chi connectivity index (χ0v) is 15.1. The number of carbonyl (C=O) groups excluding carboxylic acids is 1. The predicted molar refractivity (Wildman–Crippen MR) is 96.9 cm³/mol. The van der Waals surface area contributed by atoms with Crippen LogP contribution in [0.2, 0.25) is 5.02 Å². The van der Waals surface area contributed by atoms with Crippen molar-refractivity contribution in [3.8, 4) is 11.8 Å². The molecule has 4 nitrogen and oxygen atoms in total. The standard InChI is InChI=1S/C20H19ClN2O2/c1-20(2)17(13-6-4-12(11-22)5-7-13)18(20)23-19(24)15-10-14(21)8-9-16(15)25-3/h4-10,17-18H,1-3H3,(H,23,24). The van der Waals surface area contributed by atoms with Crippen LogP contribution in [0, 0.1) is 16.7 Å². The van der Waals surface area contributed by atoms with Crippen LogP contribution >= 0.6 is 11.6 Å². The third-order valence-corrected chi connectivity index (χ3v) is 5.15. The SMILES string of the molecule is COc1ccc(Cl)cc1C(=O)NC1C(c2ccc(C#N)cc2)C1(C)C. The maximum atomic E-state index is 12.7. The molecule has 1 saturated carbocycles. The van der Waals surface area contributed by atoms with E-state index in [2.05, 4.69) is 25.2 Å². The van der Waals surface area contributed by atoms with Crippen LogP contribution in [0.25, 0.3) is 0 Å². The van der Waals surface area contributed by atoms with E-state index in [9.17, 15) is 4.79 Å². The second-order valence-corrected chi connectivity index (χ2v) is 7.27. The van der Waals surface area contributed by atoms with Crippen LogP contribution in [-0.2, 0) is 0 Å². The molecular formula is C20H19ClN2O2. The van der Waals surface area contributed by atoms with Crippen molar-refractivity contribution in [1.82, 2.24) is 5.32 Å². The highest BCUT2D eigenvalue weighted by Crippen LogP contribution is 2.58. The topological polar surface area (TPSA) is 62.1 Å². The minimum absolute atomic E-state index is 0.0108. The first-order valence-corrected chi connectivity index (χ1v) is 8.40. The second-order valence-electron chi connectivity index (χ2n) is 6.83. The maximum absolute atomic E-state index is 12.7. The summed E-state index contributed by atoms with van der Waals surface area (Å²) < 4.78 is 5.26. The third-order valence-electron chi connectivity index (χ3n) is 4.92. The zero-order valence-electron chi connectivity index (χ0n) is 14.3. The number of methoxy groups -OCH3 is 1. The van der Waals surface area contributed by atoms with Crippen LogP contribution < -0.4 is 10.1 Å². The molecule has 1 aliphatic carbocycles. The van der Waals surface area contributed by atoms with Crippen molar-refractivity contribution >= 4 is 17.5 Å². The smallest absolute Gasteiger partial charge is 0.255 e. The fraction of sp³-hybridized carbons (Fsp3) is 0.300. The van der Waals surface area contributed by atoms with Crippen LogP contribution in [0.15, 0.2) is 42.5 Å². The molecule has 2 aromatic rings. The Morgan fingerprint density at radius 1 is 1.24 bits per heavy atom. The Morgan fingerprint density at radius 3 is 2.52 bits per heavy atom. The van der Waals surface area contributed by atoms with Gasteiger partial charge in [0, 0.05) is 17.0 Å². The van der Waals surface area contributed by atoms with E-state index >= 15 is 0 Å². The molecule has 0 heterocycles. The fourth-order valence-corrected chi connectivity index (χ4v) is 3.54. The van der Waals surface area contributed by atoms with Crippen molar-refractivity contribution in [2.24, 2.45) is 5.41 Å². The van der Waals surface area contributed by atoms with Gasteiger partial charge in [-0.15, -0.1) is 0 Å². The highest BCUT2D eigenvalue weighted by Gasteiger charge is 2.59. The number of ether oxygens (including phenoxy) is 1. The lowest BCUT2D eigenvalue weighted by molar-refractivity contribution is 0.0943. The van der Waals surface area contributed by atoms with E-state index < -0.39 is 0 Å². The molecule has 1 fully saturated rings. The molecule has 2 unspecified atom stereocenters. The summed E-state index contributed by atoms with van der Waals surface area (Å²) in [6.45, 7) is 4.24. The lowest BCUT2D eigenvalue weighted by Gasteiger charge is -2.10. The Morgan fingerprint density at radius 2 is 1.92 bits per heavy atom. The average Bonchev–Trinajstić information content (AvgIpc) is 3.15. The Hall–Kier alpha value is -2.51. The van der Waals surface area contributed by atoms with Gasteiger partial charge in [-0.1, -0.05) is 37.6 Å². The monoisotopic (exact) mass is 354 g/mol. The van der Waals surface area contributed by atoms with Crippen molar-refractivity contribution in [3.63, 3.8) is 0 Å². The Bertz CT molecular complexity index is 853. The predicted octanol–water partition coefficient (Wildman–Crippen LogP) is 4.14. The number of hydrogen-bond acceptors (Lipinski definition) is 3. The van der Waals surface area contributed by atoms with Gasteiger partial charge in [0.1, 0.15) is 5.75 Å². The summed E-state index contributed by atoms with van der Waals surface area (Å²) in [7, 11) is 1.53. The molecule has 5 heteroatoms. The van der Waals surface area contributed by atoms with Gasteiger partial charge in [-0.2, -0.15) is 5.26 Å². The highest BCUT2D eigenvalue weighted by molar-refractivity contribution is 6.31. The first-order chi connectivity index (χ1) is 11.9. The molecule has 2 atom stereocenters. The van der Waals surface area contributed by atoms with Gasteiger partial charge < -0.3 is 10.1 Å². The maximum Gasteiger partial charge on any atom is 0.255 e. The van der Waals surface area contributed by atoms with E-state index in [1.54, 1.807) is 18.2 Å². The van der Waals surface area contributed by atoms with Crippen LogP contribution in [0.4, 0.5) is 0 Å². The molecule has 1 N–H and O–H groups in total. The van der Waals surface area contributed by atoms with E-state index in [1.807, 2.05) is 24.3 Å². The number of nitrogens with zero attached hydrogens (tertiary/aromatic N) is 1. The summed E-state index contributed by atoms with van der Waals surface area (Å²) >= 11 is 6.02. The summed E-state index contributed by atoms with van der Waals surface area (Å²) in [5.74, 6) is 0.498. The van der Waals surface area contributed by atoms with Crippen molar-refractivity contribution in [3.05, 3.63) is 64.2 Å². The minimum atomic E-state index is -0.200. The molecule has 0 radical (unpaired) electrons. The van der Waals surface area contributed by atoms with E-state index in [0.29, 0.717) is 21.9 Å². The van der Waals surface area contributed by atoms with Gasteiger partial charge in [0.15, 0.2) is 0 Å². The van der Waals surface area contributed by atoms with E-state index in [4.69, 9.17) is 21.6 Å². The molecule has 0 saturated heterocycles. The van der Waals surface area contributed by atoms with E-state index in [1.165, 1.54) is 7.11 Å². The Labute approximate surface area is 152 Å². The third kappa shape index (κ3) is 3.20. The molecule has 128 valence electrons. The van der Waals surface area contributed by atoms with Gasteiger partial charge in [-0.3, -0.25) is 4.79 Å². The molecule has 0 aromatic heterocycles. The van der Waals surface area contributed by atoms with Gasteiger partial charge in [0.05, 0.1) is 24.3 Å². The largest absolute Gasteiger partial charge is 0.496 e. The van der Waals surface area contributed by atoms with Crippen LogP contribution in [0.1, 0.15) is 41.3 Å². The highest BCUT2D eigenvalue weighted by atomic mass is 35.5. The van der Waals surface area contributed by atoms with Gasteiger partial charge in [-0.25, -0.2) is 0 Å².